The number of hydrogen-bond donors (Lipinski definition) is 2. The molecule has 0 aromatic carbocycles. The summed E-state index contributed by atoms with van der Waals surface area (Å²) in [5, 5.41) is 18.3. The molecule has 0 aromatic heterocycles. The van der Waals surface area contributed by atoms with Gasteiger partial charge in [-0.2, -0.15) is 0 Å². The Hall–Kier alpha value is -0.940. The van der Waals surface area contributed by atoms with Crippen molar-refractivity contribution in [3.05, 3.63) is 0 Å². The van der Waals surface area contributed by atoms with Gasteiger partial charge >= 0.3 is 5.97 Å². The number of aliphatic hydroxyl groups excluding tert-OH is 1. The van der Waals surface area contributed by atoms with Crippen molar-refractivity contribution in [1.29, 1.82) is 0 Å². The molecule has 0 spiro atoms. The summed E-state index contributed by atoms with van der Waals surface area (Å²) < 4.78 is 0.0787. The van der Waals surface area contributed by atoms with Crippen LogP contribution < -0.4 is 0 Å². The highest BCUT2D eigenvalue weighted by Gasteiger charge is 2.41. The Morgan fingerprint density at radius 3 is 2.69 bits per heavy atom. The van der Waals surface area contributed by atoms with Crippen LogP contribution in [0.5, 0.6) is 0 Å². The predicted molar refractivity (Wildman–Crippen MR) is 47.3 cm³/mol. The second-order valence-corrected chi connectivity index (χ2v) is 3.37. The molecule has 0 saturated heterocycles. The minimum Gasteiger partial charge on any atom is -0.477 e. The van der Waals surface area contributed by atoms with Crippen LogP contribution in [0.1, 0.15) is 13.8 Å². The molecule has 2 atom stereocenters. The van der Waals surface area contributed by atoms with Gasteiger partial charge in [-0.15, -0.1) is 0 Å². The molecule has 1 rings (SSSR count). The number of nitrogens with zero attached hydrogens (tertiary/aromatic N) is 2. The Balaban J connectivity index is 2.88. The maximum Gasteiger partial charge on any atom is 0.359 e. The monoisotopic (exact) mass is 187 g/mol. The van der Waals surface area contributed by atoms with E-state index >= 15 is 0 Å². The van der Waals surface area contributed by atoms with Crippen LogP contribution in [-0.2, 0) is 4.79 Å². The number of carboxylic acid groups (broad SMARTS) is 1. The molecule has 0 bridgehead atoms. The molecule has 5 heteroatoms. The minimum absolute atomic E-state index is 0.0787. The van der Waals surface area contributed by atoms with Crippen molar-refractivity contribution in [2.24, 2.45) is 4.99 Å². The van der Waals surface area contributed by atoms with E-state index in [9.17, 15) is 9.90 Å². The van der Waals surface area contributed by atoms with Crippen molar-refractivity contribution in [2.45, 2.75) is 20.1 Å². The summed E-state index contributed by atoms with van der Waals surface area (Å²) in [6, 6.07) is 0. The van der Waals surface area contributed by atoms with Crippen molar-refractivity contribution in [3.8, 4) is 0 Å². The Labute approximate surface area is 76.9 Å². The summed E-state index contributed by atoms with van der Waals surface area (Å²) in [5.74, 6) is -0.199. The van der Waals surface area contributed by atoms with Gasteiger partial charge in [0.15, 0.2) is 18.6 Å². The molecule has 13 heavy (non-hydrogen) atoms. The number of carboxylic acids is 1. The number of aliphatic hydroxyl groups is 1. The molecular weight excluding hydrogens is 172 g/mol. The van der Waals surface area contributed by atoms with Gasteiger partial charge in [-0.3, -0.25) is 0 Å². The lowest BCUT2D eigenvalue weighted by Crippen LogP contribution is -2.58. The Morgan fingerprint density at radius 1 is 1.77 bits per heavy atom. The van der Waals surface area contributed by atoms with E-state index in [1.807, 2.05) is 0 Å². The van der Waals surface area contributed by atoms with E-state index in [4.69, 9.17) is 5.11 Å². The summed E-state index contributed by atoms with van der Waals surface area (Å²) in [6.07, 6.45) is -0.706. The molecule has 5 nitrogen and oxygen atoms in total. The summed E-state index contributed by atoms with van der Waals surface area (Å²) in [5.41, 5.74) is 0. The van der Waals surface area contributed by atoms with Crippen LogP contribution in [0.25, 0.3) is 0 Å². The largest absolute Gasteiger partial charge is 0.477 e. The van der Waals surface area contributed by atoms with Crippen LogP contribution in [-0.4, -0.2) is 52.4 Å². The number of hydrogen-bond acceptors (Lipinski definition) is 3. The molecule has 0 radical (unpaired) electrons. The molecule has 74 valence electrons. The predicted octanol–water partition coefficient (Wildman–Crippen LogP) is -0.342. The maximum absolute atomic E-state index is 10.6. The molecule has 1 aliphatic rings. The average molecular weight is 187 g/mol. The highest BCUT2D eigenvalue weighted by atomic mass is 16.4. The zero-order chi connectivity index (χ0) is 10.1. The minimum atomic E-state index is -0.905. The maximum atomic E-state index is 10.6. The fourth-order valence-electron chi connectivity index (χ4n) is 1.72. The van der Waals surface area contributed by atoms with Crippen LogP contribution in [0, 0.1) is 0 Å². The Bertz CT molecular complexity index is 250. The third kappa shape index (κ3) is 1.71. The zero-order valence-corrected chi connectivity index (χ0v) is 7.90. The SMILES string of the molecule is CC1=NCC[N+]1(CC(=O)O)C(C)O. The van der Waals surface area contributed by atoms with Crippen molar-refractivity contribution in [1.82, 2.24) is 0 Å². The molecule has 1 aliphatic heterocycles. The molecule has 0 saturated carbocycles. The lowest BCUT2D eigenvalue weighted by atomic mass is 10.3. The quantitative estimate of drug-likeness (QED) is 0.594. The van der Waals surface area contributed by atoms with E-state index in [2.05, 4.69) is 4.99 Å². The van der Waals surface area contributed by atoms with Crippen LogP contribution in [0.15, 0.2) is 4.99 Å². The number of aliphatic imine (C=N–C) groups is 1. The third-order valence-electron chi connectivity index (χ3n) is 2.62. The van der Waals surface area contributed by atoms with E-state index in [1.54, 1.807) is 13.8 Å². The van der Waals surface area contributed by atoms with E-state index in [0.29, 0.717) is 18.9 Å². The first-order valence-corrected chi connectivity index (χ1v) is 4.27. The number of quaternary nitrogens is 1. The molecule has 0 fully saturated rings. The summed E-state index contributed by atoms with van der Waals surface area (Å²) >= 11 is 0. The van der Waals surface area contributed by atoms with Gasteiger partial charge in [0.05, 0.1) is 6.54 Å². The lowest BCUT2D eigenvalue weighted by Gasteiger charge is -2.34. The summed E-state index contributed by atoms with van der Waals surface area (Å²) in [7, 11) is 0. The van der Waals surface area contributed by atoms with E-state index in [1.165, 1.54) is 0 Å². The normalized spacial score (nSPS) is 29.9. The zero-order valence-electron chi connectivity index (χ0n) is 7.90. The van der Waals surface area contributed by atoms with E-state index in [0.717, 1.165) is 0 Å². The van der Waals surface area contributed by atoms with Gasteiger partial charge in [0.25, 0.3) is 0 Å². The van der Waals surface area contributed by atoms with Gasteiger partial charge in [-0.05, 0) is 0 Å². The van der Waals surface area contributed by atoms with Gasteiger partial charge in [-0.25, -0.2) is 14.3 Å². The Kier molecular flexibility index (Phi) is 2.68. The summed E-state index contributed by atoms with van der Waals surface area (Å²) in [4.78, 5) is 14.8. The second kappa shape index (κ2) is 3.43. The van der Waals surface area contributed by atoms with Gasteiger partial charge < -0.3 is 10.2 Å². The molecule has 0 amide bonds. The standard InChI is InChI=1S/C8H14N2O3/c1-6-9-3-4-10(6,7(2)11)5-8(12)13/h7,11H,3-5H2,1-2H3/p+1. The van der Waals surface area contributed by atoms with Crippen LogP contribution >= 0.6 is 0 Å². The Morgan fingerprint density at radius 2 is 2.38 bits per heavy atom. The van der Waals surface area contributed by atoms with Gasteiger partial charge in [0.1, 0.15) is 6.54 Å². The van der Waals surface area contributed by atoms with Crippen molar-refractivity contribution in [3.63, 3.8) is 0 Å². The number of amidine groups is 1. The van der Waals surface area contributed by atoms with Crippen LogP contribution in [0.2, 0.25) is 0 Å². The second-order valence-electron chi connectivity index (χ2n) is 3.37. The van der Waals surface area contributed by atoms with Gasteiger partial charge in [0.2, 0.25) is 0 Å². The number of rotatable bonds is 3. The topological polar surface area (TPSA) is 69.9 Å². The molecule has 2 unspecified atom stereocenters. The average Bonchev–Trinajstić information content (AvgIpc) is 2.32. The van der Waals surface area contributed by atoms with Crippen molar-refractivity contribution >= 4 is 11.8 Å². The van der Waals surface area contributed by atoms with E-state index in [-0.39, 0.29) is 11.0 Å². The third-order valence-corrected chi connectivity index (χ3v) is 2.62. The first kappa shape index (κ1) is 10.1. The summed E-state index contributed by atoms with van der Waals surface area (Å²) in [6.45, 7) is 4.46. The highest BCUT2D eigenvalue weighted by molar-refractivity contribution is 5.78. The molecule has 1 heterocycles. The molecule has 0 aliphatic carbocycles. The van der Waals surface area contributed by atoms with Gasteiger partial charge in [0, 0.05) is 13.8 Å². The van der Waals surface area contributed by atoms with Gasteiger partial charge in [-0.1, -0.05) is 0 Å². The molecule has 0 aromatic rings. The lowest BCUT2D eigenvalue weighted by molar-refractivity contribution is -0.876. The molecule has 2 N–H and O–H groups in total. The number of carbonyl (C=O) groups is 1. The molecular formula is C8H15N2O3+. The van der Waals surface area contributed by atoms with E-state index < -0.39 is 12.2 Å². The van der Waals surface area contributed by atoms with Crippen LogP contribution in [0.3, 0.4) is 0 Å². The number of aliphatic carboxylic acids is 1. The van der Waals surface area contributed by atoms with Crippen LogP contribution in [0.4, 0.5) is 0 Å². The first-order valence-electron chi connectivity index (χ1n) is 4.27. The smallest absolute Gasteiger partial charge is 0.359 e. The fraction of sp³-hybridized carbons (Fsp3) is 0.750. The highest BCUT2D eigenvalue weighted by Crippen LogP contribution is 2.18. The fourth-order valence-corrected chi connectivity index (χ4v) is 1.72. The first-order chi connectivity index (χ1) is 5.99. The van der Waals surface area contributed by atoms with Crippen molar-refractivity contribution < 1.29 is 19.5 Å². The van der Waals surface area contributed by atoms with Crippen molar-refractivity contribution in [2.75, 3.05) is 19.6 Å².